The lowest BCUT2D eigenvalue weighted by atomic mass is 10.1. The van der Waals surface area contributed by atoms with Gasteiger partial charge in [0.05, 0.1) is 19.0 Å². The molecule has 0 N–H and O–H groups in total. The third kappa shape index (κ3) is 2.43. The molecule has 18 heavy (non-hydrogen) atoms. The van der Waals surface area contributed by atoms with Crippen LogP contribution in [0, 0.1) is 10.1 Å². The van der Waals surface area contributed by atoms with Crippen molar-refractivity contribution in [3.63, 3.8) is 0 Å². The standard InChI is InChI=1S/C9H15NO7S/c1-2-3-18(13,14)7-5-16-8-6(17-10(11)12)4-15-9(7)8/h6-9H,2-5H2,1H3/t6-,7-,8+,9+/m1/s1. The molecule has 4 atom stereocenters. The van der Waals surface area contributed by atoms with E-state index >= 15 is 0 Å². The number of nitrogens with zero attached hydrogens (tertiary/aromatic N) is 1. The molecule has 0 aromatic rings. The number of rotatable bonds is 5. The highest BCUT2D eigenvalue weighted by molar-refractivity contribution is 7.92. The third-order valence-corrected chi connectivity index (χ3v) is 5.44. The van der Waals surface area contributed by atoms with Crippen molar-refractivity contribution in [2.24, 2.45) is 0 Å². The van der Waals surface area contributed by atoms with E-state index in [4.69, 9.17) is 9.47 Å². The molecule has 2 saturated heterocycles. The van der Waals surface area contributed by atoms with Crippen molar-refractivity contribution in [3.05, 3.63) is 10.1 Å². The summed E-state index contributed by atoms with van der Waals surface area (Å²) < 4.78 is 34.5. The van der Waals surface area contributed by atoms with Crippen molar-refractivity contribution in [2.45, 2.75) is 36.9 Å². The Balaban J connectivity index is 2.07. The molecule has 0 unspecified atom stereocenters. The first-order valence-corrected chi connectivity index (χ1v) is 7.43. The molecule has 0 radical (unpaired) electrons. The molecule has 0 aromatic carbocycles. The van der Waals surface area contributed by atoms with E-state index in [2.05, 4.69) is 4.84 Å². The SMILES string of the molecule is CCCS(=O)(=O)[C@@H]1CO[C@@H]2[C@H]1OC[C@H]2O[N+](=O)[O-]. The Morgan fingerprint density at radius 2 is 2.00 bits per heavy atom. The molecule has 9 heteroatoms. The van der Waals surface area contributed by atoms with Crippen LogP contribution in [0.3, 0.4) is 0 Å². The minimum atomic E-state index is -3.29. The lowest BCUT2D eigenvalue weighted by molar-refractivity contribution is -0.769. The van der Waals surface area contributed by atoms with Crippen LogP contribution in [0.2, 0.25) is 0 Å². The topological polar surface area (TPSA) is 105 Å². The van der Waals surface area contributed by atoms with Crippen molar-refractivity contribution in [1.82, 2.24) is 0 Å². The highest BCUT2D eigenvalue weighted by Crippen LogP contribution is 2.32. The van der Waals surface area contributed by atoms with Crippen LogP contribution in [0.25, 0.3) is 0 Å². The predicted molar refractivity (Wildman–Crippen MR) is 59.2 cm³/mol. The van der Waals surface area contributed by atoms with Crippen LogP contribution < -0.4 is 0 Å². The molecule has 104 valence electrons. The van der Waals surface area contributed by atoms with Crippen LogP contribution in [0.1, 0.15) is 13.3 Å². The van der Waals surface area contributed by atoms with Crippen LogP contribution in [-0.2, 0) is 24.1 Å². The molecule has 2 heterocycles. The van der Waals surface area contributed by atoms with Gasteiger partial charge in [-0.2, -0.15) is 0 Å². The fourth-order valence-corrected chi connectivity index (χ4v) is 4.17. The van der Waals surface area contributed by atoms with E-state index in [-0.39, 0.29) is 19.0 Å². The van der Waals surface area contributed by atoms with Crippen LogP contribution in [-0.4, -0.2) is 56.0 Å². The number of fused-ring (bicyclic) bond motifs is 1. The monoisotopic (exact) mass is 281 g/mol. The van der Waals surface area contributed by atoms with Crippen molar-refractivity contribution in [1.29, 1.82) is 0 Å². The average molecular weight is 281 g/mol. The Morgan fingerprint density at radius 3 is 2.61 bits per heavy atom. The van der Waals surface area contributed by atoms with Gasteiger partial charge in [0.15, 0.2) is 15.9 Å². The quantitative estimate of drug-likeness (QED) is 0.496. The van der Waals surface area contributed by atoms with E-state index in [1.807, 2.05) is 0 Å². The van der Waals surface area contributed by atoms with E-state index in [0.29, 0.717) is 6.42 Å². The molecule has 0 aromatic heterocycles. The van der Waals surface area contributed by atoms with Crippen molar-refractivity contribution in [3.8, 4) is 0 Å². The Morgan fingerprint density at radius 1 is 1.33 bits per heavy atom. The average Bonchev–Trinajstić information content (AvgIpc) is 2.80. The summed E-state index contributed by atoms with van der Waals surface area (Å²) in [6.07, 6.45) is -1.66. The summed E-state index contributed by atoms with van der Waals surface area (Å²) in [7, 11) is -3.29. The molecule has 2 aliphatic rings. The minimum Gasteiger partial charge on any atom is -0.372 e. The number of ether oxygens (including phenoxy) is 2. The Hall–Kier alpha value is -0.930. The third-order valence-electron chi connectivity index (χ3n) is 3.13. The fourth-order valence-electron chi connectivity index (χ4n) is 2.37. The summed E-state index contributed by atoms with van der Waals surface area (Å²) in [6, 6.07) is 0. The van der Waals surface area contributed by atoms with Gasteiger partial charge in [0, 0.05) is 0 Å². The zero-order valence-corrected chi connectivity index (χ0v) is 10.7. The molecule has 2 fully saturated rings. The molecule has 8 nitrogen and oxygen atoms in total. The fraction of sp³-hybridized carbons (Fsp3) is 1.00. The summed E-state index contributed by atoms with van der Waals surface area (Å²) in [6.45, 7) is 1.77. The highest BCUT2D eigenvalue weighted by atomic mass is 32.2. The molecule has 2 rings (SSSR count). The second-order valence-corrected chi connectivity index (χ2v) is 6.71. The first-order chi connectivity index (χ1) is 8.45. The second-order valence-electron chi connectivity index (χ2n) is 4.37. The van der Waals surface area contributed by atoms with Gasteiger partial charge in [-0.1, -0.05) is 6.92 Å². The molecule has 0 saturated carbocycles. The number of hydrogen-bond acceptors (Lipinski definition) is 7. The first kappa shape index (κ1) is 13.5. The number of sulfone groups is 1. The van der Waals surface area contributed by atoms with Gasteiger partial charge in [0.2, 0.25) is 0 Å². The van der Waals surface area contributed by atoms with Gasteiger partial charge >= 0.3 is 0 Å². The smallest absolute Gasteiger partial charge is 0.294 e. The first-order valence-electron chi connectivity index (χ1n) is 5.71. The Kier molecular flexibility index (Phi) is 3.74. The lowest BCUT2D eigenvalue weighted by Gasteiger charge is -2.16. The summed E-state index contributed by atoms with van der Waals surface area (Å²) >= 11 is 0. The van der Waals surface area contributed by atoms with E-state index < -0.39 is 38.5 Å². The molecule has 0 amide bonds. The lowest BCUT2D eigenvalue weighted by Crippen LogP contribution is -2.38. The van der Waals surface area contributed by atoms with Crippen LogP contribution in [0.15, 0.2) is 0 Å². The maximum absolute atomic E-state index is 12.0. The zero-order valence-electron chi connectivity index (χ0n) is 9.85. The van der Waals surface area contributed by atoms with Gasteiger partial charge in [-0.15, -0.1) is 10.1 Å². The Bertz CT molecular complexity index is 423. The summed E-state index contributed by atoms with van der Waals surface area (Å²) in [5.74, 6) is 0.0639. The van der Waals surface area contributed by atoms with Crippen LogP contribution in [0.5, 0.6) is 0 Å². The van der Waals surface area contributed by atoms with Gasteiger partial charge in [-0.05, 0) is 6.42 Å². The second kappa shape index (κ2) is 4.98. The van der Waals surface area contributed by atoms with Crippen molar-refractivity contribution >= 4 is 9.84 Å². The molecular formula is C9H15NO7S. The molecule has 0 aliphatic carbocycles. The highest BCUT2D eigenvalue weighted by Gasteiger charge is 2.53. The van der Waals surface area contributed by atoms with Gasteiger partial charge in [0.25, 0.3) is 5.09 Å². The summed E-state index contributed by atoms with van der Waals surface area (Å²) in [5, 5.41) is 8.62. The summed E-state index contributed by atoms with van der Waals surface area (Å²) in [5.41, 5.74) is 0. The molecule has 0 spiro atoms. The van der Waals surface area contributed by atoms with E-state index in [9.17, 15) is 18.5 Å². The van der Waals surface area contributed by atoms with E-state index in [1.54, 1.807) is 6.92 Å². The van der Waals surface area contributed by atoms with E-state index in [1.165, 1.54) is 0 Å². The maximum Gasteiger partial charge on any atom is 0.294 e. The summed E-state index contributed by atoms with van der Waals surface area (Å²) in [4.78, 5) is 14.7. The van der Waals surface area contributed by atoms with Gasteiger partial charge in [0.1, 0.15) is 17.5 Å². The van der Waals surface area contributed by atoms with Crippen molar-refractivity contribution < 1.29 is 27.8 Å². The maximum atomic E-state index is 12.0. The van der Waals surface area contributed by atoms with Gasteiger partial charge in [-0.3, -0.25) is 0 Å². The minimum absolute atomic E-state index is 0.00917. The molecule has 2 aliphatic heterocycles. The van der Waals surface area contributed by atoms with E-state index in [0.717, 1.165) is 0 Å². The van der Waals surface area contributed by atoms with Gasteiger partial charge < -0.3 is 14.3 Å². The zero-order chi connectivity index (χ0) is 13.3. The predicted octanol–water partition coefficient (Wildman–Crippen LogP) is -0.446. The molecular weight excluding hydrogens is 266 g/mol. The number of hydrogen-bond donors (Lipinski definition) is 0. The Labute approximate surface area is 104 Å². The van der Waals surface area contributed by atoms with Crippen LogP contribution in [0.4, 0.5) is 0 Å². The molecule has 0 bridgehead atoms. The largest absolute Gasteiger partial charge is 0.372 e. The normalized spacial score (nSPS) is 35.4. The van der Waals surface area contributed by atoms with Crippen molar-refractivity contribution in [2.75, 3.05) is 19.0 Å². The van der Waals surface area contributed by atoms with Gasteiger partial charge in [-0.25, -0.2) is 8.42 Å². The van der Waals surface area contributed by atoms with Crippen LogP contribution >= 0.6 is 0 Å².